The molecule has 0 radical (unpaired) electrons. The number of hydrogen-bond donors (Lipinski definition) is 2. The van der Waals surface area contributed by atoms with E-state index < -0.39 is 0 Å². The number of nitrogens with one attached hydrogen (secondary N) is 2. The number of nitrogens with zero attached hydrogens (tertiary/aromatic N) is 2. The monoisotopic (exact) mass is 350 g/mol. The molecule has 2 N–H and O–H groups in total. The molecule has 0 aliphatic heterocycles. The lowest BCUT2D eigenvalue weighted by Crippen LogP contribution is -2.38. The SMILES string of the molecule is CN=C(NCc1ncccc1C)NC(C)c1ccc(Cl)cc1Cl. The molecule has 4 nitrogen and oxygen atoms in total. The zero-order valence-electron chi connectivity index (χ0n) is 13.4. The lowest BCUT2D eigenvalue weighted by molar-refractivity contribution is 0.682. The van der Waals surface area contributed by atoms with Crippen molar-refractivity contribution < 1.29 is 0 Å². The Morgan fingerprint density at radius 3 is 2.74 bits per heavy atom. The maximum Gasteiger partial charge on any atom is 0.191 e. The summed E-state index contributed by atoms with van der Waals surface area (Å²) in [6, 6.07) is 9.44. The molecule has 0 bridgehead atoms. The second-order valence-corrected chi connectivity index (χ2v) is 6.07. The molecule has 0 aliphatic carbocycles. The van der Waals surface area contributed by atoms with Gasteiger partial charge in [0, 0.05) is 23.3 Å². The molecule has 2 aromatic rings. The van der Waals surface area contributed by atoms with E-state index in [4.69, 9.17) is 23.2 Å². The fraction of sp³-hybridized carbons (Fsp3) is 0.294. The Balaban J connectivity index is 2.00. The Morgan fingerprint density at radius 1 is 1.30 bits per heavy atom. The van der Waals surface area contributed by atoms with Crippen molar-refractivity contribution in [3.8, 4) is 0 Å². The minimum absolute atomic E-state index is 0.00389. The fourth-order valence-electron chi connectivity index (χ4n) is 2.20. The molecule has 0 saturated heterocycles. The van der Waals surface area contributed by atoms with Gasteiger partial charge in [0.15, 0.2) is 5.96 Å². The van der Waals surface area contributed by atoms with Gasteiger partial charge in [-0.3, -0.25) is 9.98 Å². The Bertz CT molecular complexity index is 701. The first-order valence-electron chi connectivity index (χ1n) is 7.34. The van der Waals surface area contributed by atoms with Gasteiger partial charge in [-0.05, 0) is 43.2 Å². The first-order chi connectivity index (χ1) is 11.0. The summed E-state index contributed by atoms with van der Waals surface area (Å²) in [5.74, 6) is 0.688. The predicted molar refractivity (Wildman–Crippen MR) is 97.2 cm³/mol. The van der Waals surface area contributed by atoms with Crippen LogP contribution >= 0.6 is 23.2 Å². The summed E-state index contributed by atoms with van der Waals surface area (Å²) < 4.78 is 0. The Labute approximate surface area is 146 Å². The highest BCUT2D eigenvalue weighted by atomic mass is 35.5. The molecule has 122 valence electrons. The first kappa shape index (κ1) is 17.6. The van der Waals surface area contributed by atoms with Crippen LogP contribution in [0.5, 0.6) is 0 Å². The maximum absolute atomic E-state index is 6.25. The van der Waals surface area contributed by atoms with E-state index >= 15 is 0 Å². The zero-order valence-corrected chi connectivity index (χ0v) is 14.9. The standard InChI is InChI=1S/C17H20Cl2N4/c1-11-5-4-8-21-16(11)10-22-17(20-3)23-12(2)14-7-6-13(18)9-15(14)19/h4-9,12H,10H2,1-3H3,(H2,20,22,23). The Morgan fingerprint density at radius 2 is 2.09 bits per heavy atom. The quantitative estimate of drug-likeness (QED) is 0.643. The predicted octanol–water partition coefficient (Wildman–Crippen LogP) is 4.12. The van der Waals surface area contributed by atoms with Gasteiger partial charge in [0.25, 0.3) is 0 Å². The van der Waals surface area contributed by atoms with Gasteiger partial charge < -0.3 is 10.6 Å². The van der Waals surface area contributed by atoms with Crippen molar-refractivity contribution in [2.45, 2.75) is 26.4 Å². The molecule has 1 aromatic carbocycles. The van der Waals surface area contributed by atoms with Crippen LogP contribution in [0.2, 0.25) is 10.0 Å². The van der Waals surface area contributed by atoms with Crippen molar-refractivity contribution >= 4 is 29.2 Å². The molecule has 6 heteroatoms. The summed E-state index contributed by atoms with van der Waals surface area (Å²) in [6.07, 6.45) is 1.79. The molecule has 0 spiro atoms. The summed E-state index contributed by atoms with van der Waals surface area (Å²) in [6.45, 7) is 4.66. The molecule has 0 amide bonds. The third kappa shape index (κ3) is 4.85. The molecule has 1 unspecified atom stereocenters. The number of halogens is 2. The molecule has 0 fully saturated rings. The lowest BCUT2D eigenvalue weighted by atomic mass is 10.1. The molecule has 1 heterocycles. The minimum atomic E-state index is -0.00389. The third-order valence-electron chi connectivity index (χ3n) is 3.55. The van der Waals surface area contributed by atoms with E-state index in [1.165, 1.54) is 0 Å². The van der Waals surface area contributed by atoms with Crippen LogP contribution in [-0.4, -0.2) is 18.0 Å². The van der Waals surface area contributed by atoms with Gasteiger partial charge in [-0.25, -0.2) is 0 Å². The van der Waals surface area contributed by atoms with Gasteiger partial charge >= 0.3 is 0 Å². The van der Waals surface area contributed by atoms with Gasteiger partial charge in [0.2, 0.25) is 0 Å². The molecule has 1 atom stereocenters. The topological polar surface area (TPSA) is 49.3 Å². The van der Waals surface area contributed by atoms with Gasteiger partial charge in [-0.1, -0.05) is 35.3 Å². The van der Waals surface area contributed by atoms with Crippen LogP contribution in [0.3, 0.4) is 0 Å². The van der Waals surface area contributed by atoms with E-state index in [2.05, 4.69) is 20.6 Å². The van der Waals surface area contributed by atoms with Gasteiger partial charge in [0.05, 0.1) is 18.3 Å². The van der Waals surface area contributed by atoms with E-state index in [0.29, 0.717) is 22.5 Å². The van der Waals surface area contributed by atoms with E-state index in [-0.39, 0.29) is 6.04 Å². The second-order valence-electron chi connectivity index (χ2n) is 5.22. The number of aryl methyl sites for hydroxylation is 1. The molecule has 2 rings (SSSR count). The molecular formula is C17H20Cl2N4. The number of benzene rings is 1. The zero-order chi connectivity index (χ0) is 16.8. The third-order valence-corrected chi connectivity index (χ3v) is 4.11. The number of aromatic nitrogens is 1. The molecule has 0 aliphatic rings. The summed E-state index contributed by atoms with van der Waals surface area (Å²) in [7, 11) is 1.73. The maximum atomic E-state index is 6.25. The molecule has 1 aromatic heterocycles. The average molecular weight is 351 g/mol. The Hall–Kier alpha value is -1.78. The summed E-state index contributed by atoms with van der Waals surface area (Å²) in [5, 5.41) is 7.84. The normalized spacial score (nSPS) is 12.8. The van der Waals surface area contributed by atoms with Gasteiger partial charge in [-0.15, -0.1) is 0 Å². The van der Waals surface area contributed by atoms with E-state index in [1.807, 2.05) is 38.1 Å². The minimum Gasteiger partial charge on any atom is -0.351 e. The highest BCUT2D eigenvalue weighted by Crippen LogP contribution is 2.25. The summed E-state index contributed by atoms with van der Waals surface area (Å²) in [5.41, 5.74) is 3.10. The van der Waals surface area contributed by atoms with Crippen LogP contribution in [0, 0.1) is 6.92 Å². The molecule has 0 saturated carbocycles. The van der Waals surface area contributed by atoms with E-state index in [9.17, 15) is 0 Å². The van der Waals surface area contributed by atoms with Crippen LogP contribution in [0.15, 0.2) is 41.5 Å². The van der Waals surface area contributed by atoms with Crippen molar-refractivity contribution in [3.63, 3.8) is 0 Å². The number of guanidine groups is 1. The van der Waals surface area contributed by atoms with Crippen molar-refractivity contribution in [3.05, 3.63) is 63.4 Å². The van der Waals surface area contributed by atoms with E-state index in [1.54, 1.807) is 19.3 Å². The van der Waals surface area contributed by atoms with Crippen LogP contribution in [-0.2, 0) is 6.54 Å². The second kappa shape index (κ2) is 8.18. The van der Waals surface area contributed by atoms with Gasteiger partial charge in [-0.2, -0.15) is 0 Å². The smallest absolute Gasteiger partial charge is 0.191 e. The van der Waals surface area contributed by atoms with Crippen LogP contribution in [0.1, 0.15) is 29.8 Å². The van der Waals surface area contributed by atoms with Crippen molar-refractivity contribution in [1.82, 2.24) is 15.6 Å². The number of hydrogen-bond acceptors (Lipinski definition) is 2. The number of rotatable bonds is 4. The highest BCUT2D eigenvalue weighted by molar-refractivity contribution is 6.35. The van der Waals surface area contributed by atoms with E-state index in [0.717, 1.165) is 16.8 Å². The Kier molecular flexibility index (Phi) is 6.25. The molecule has 23 heavy (non-hydrogen) atoms. The fourth-order valence-corrected chi connectivity index (χ4v) is 2.77. The molecular weight excluding hydrogens is 331 g/mol. The van der Waals surface area contributed by atoms with Crippen molar-refractivity contribution in [1.29, 1.82) is 0 Å². The number of aliphatic imine (C=N–C) groups is 1. The number of pyridine rings is 1. The van der Waals surface area contributed by atoms with Gasteiger partial charge in [0.1, 0.15) is 0 Å². The van der Waals surface area contributed by atoms with Crippen LogP contribution in [0.25, 0.3) is 0 Å². The van der Waals surface area contributed by atoms with Crippen molar-refractivity contribution in [2.75, 3.05) is 7.05 Å². The highest BCUT2D eigenvalue weighted by Gasteiger charge is 2.12. The summed E-state index contributed by atoms with van der Waals surface area (Å²) in [4.78, 5) is 8.61. The van der Waals surface area contributed by atoms with Crippen molar-refractivity contribution in [2.24, 2.45) is 4.99 Å². The largest absolute Gasteiger partial charge is 0.351 e. The van der Waals surface area contributed by atoms with Crippen LogP contribution in [0.4, 0.5) is 0 Å². The van der Waals surface area contributed by atoms with Crippen LogP contribution < -0.4 is 10.6 Å². The average Bonchev–Trinajstić information content (AvgIpc) is 2.52. The lowest BCUT2D eigenvalue weighted by Gasteiger charge is -2.19. The first-order valence-corrected chi connectivity index (χ1v) is 8.09. The summed E-state index contributed by atoms with van der Waals surface area (Å²) >= 11 is 12.2.